The van der Waals surface area contributed by atoms with Crippen molar-refractivity contribution >= 4 is 11.6 Å². The Bertz CT molecular complexity index is 513. The van der Waals surface area contributed by atoms with Gasteiger partial charge >= 0.3 is 6.18 Å². The molecule has 0 aromatic carbocycles. The molecule has 184 valence electrons. The first-order valence-electron chi connectivity index (χ1n) is 12.5. The van der Waals surface area contributed by atoms with E-state index in [4.69, 9.17) is 16.3 Å². The van der Waals surface area contributed by atoms with E-state index in [1.54, 1.807) is 0 Å². The van der Waals surface area contributed by atoms with Gasteiger partial charge in [-0.1, -0.05) is 40.5 Å². The van der Waals surface area contributed by atoms with Crippen LogP contribution in [-0.4, -0.2) is 18.7 Å². The van der Waals surface area contributed by atoms with E-state index >= 15 is 0 Å². The van der Waals surface area contributed by atoms with Gasteiger partial charge in [-0.2, -0.15) is 13.2 Å². The van der Waals surface area contributed by atoms with Gasteiger partial charge in [0.2, 0.25) is 0 Å². The summed E-state index contributed by atoms with van der Waals surface area (Å²) in [5.41, 5.74) is -0.0260. The van der Waals surface area contributed by atoms with Gasteiger partial charge < -0.3 is 4.74 Å². The molecular formula is C26H46ClF3O. The predicted octanol–water partition coefficient (Wildman–Crippen LogP) is 9.54. The number of hydrogen-bond acceptors (Lipinski definition) is 1. The molecule has 0 radical (unpaired) electrons. The Labute approximate surface area is 194 Å². The van der Waals surface area contributed by atoms with E-state index in [0.717, 1.165) is 57.1 Å². The van der Waals surface area contributed by atoms with Crippen molar-refractivity contribution in [3.05, 3.63) is 11.8 Å². The zero-order chi connectivity index (χ0) is 23.5. The average Bonchev–Trinajstić information content (AvgIpc) is 2.63. The molecule has 4 unspecified atom stereocenters. The summed E-state index contributed by atoms with van der Waals surface area (Å²) in [6.45, 7) is 11.3. The normalized spacial score (nSPS) is 24.1. The third-order valence-corrected chi connectivity index (χ3v) is 7.00. The van der Waals surface area contributed by atoms with E-state index in [1.807, 2.05) is 6.92 Å². The third-order valence-electron chi connectivity index (χ3n) is 6.73. The summed E-state index contributed by atoms with van der Waals surface area (Å²) in [5, 5.41) is 0. The van der Waals surface area contributed by atoms with Crippen LogP contribution in [0.15, 0.2) is 11.8 Å². The standard InChI is InChI=1S/C26H46ClF3O/c1-6-9-12-22(23(13-10-14-27)24(11-7-2)31-8-3)16-20-15-21(19-26(28,29)30)18-25(4,5)17-20/h11,20-23H,6-10,12-19H2,1-5H3. The highest BCUT2D eigenvalue weighted by Crippen LogP contribution is 2.48. The van der Waals surface area contributed by atoms with Crippen molar-refractivity contribution in [2.45, 2.75) is 111 Å². The smallest absolute Gasteiger partial charge is 0.389 e. The Morgan fingerprint density at radius 1 is 1.10 bits per heavy atom. The van der Waals surface area contributed by atoms with Crippen LogP contribution in [0.1, 0.15) is 105 Å². The van der Waals surface area contributed by atoms with Crippen LogP contribution in [0.25, 0.3) is 0 Å². The van der Waals surface area contributed by atoms with Crippen molar-refractivity contribution < 1.29 is 17.9 Å². The maximum absolute atomic E-state index is 13.2. The molecule has 1 saturated carbocycles. The van der Waals surface area contributed by atoms with E-state index in [9.17, 15) is 13.2 Å². The molecule has 1 rings (SSSR count). The summed E-state index contributed by atoms with van der Waals surface area (Å²) < 4.78 is 45.6. The molecular weight excluding hydrogens is 421 g/mol. The van der Waals surface area contributed by atoms with Gasteiger partial charge in [-0.15, -0.1) is 11.6 Å². The lowest BCUT2D eigenvalue weighted by atomic mass is 9.63. The van der Waals surface area contributed by atoms with E-state index in [0.29, 0.717) is 43.1 Å². The molecule has 0 bridgehead atoms. The lowest BCUT2D eigenvalue weighted by molar-refractivity contribution is -0.151. The van der Waals surface area contributed by atoms with Crippen molar-refractivity contribution in [1.82, 2.24) is 0 Å². The molecule has 0 amide bonds. The topological polar surface area (TPSA) is 9.23 Å². The van der Waals surface area contributed by atoms with Crippen LogP contribution in [0.5, 0.6) is 0 Å². The Balaban J connectivity index is 3.08. The summed E-state index contributed by atoms with van der Waals surface area (Å²) in [5.74, 6) is 2.57. The van der Waals surface area contributed by atoms with Crippen molar-refractivity contribution in [3.8, 4) is 0 Å². The van der Waals surface area contributed by atoms with Gasteiger partial charge in [0.05, 0.1) is 12.4 Å². The minimum absolute atomic E-state index is 0.0260. The van der Waals surface area contributed by atoms with Crippen LogP contribution >= 0.6 is 11.6 Å². The molecule has 0 saturated heterocycles. The first-order valence-corrected chi connectivity index (χ1v) is 13.0. The summed E-state index contributed by atoms with van der Waals surface area (Å²) in [6, 6.07) is 0. The average molecular weight is 467 g/mol. The third kappa shape index (κ3) is 11.3. The Morgan fingerprint density at radius 3 is 2.32 bits per heavy atom. The van der Waals surface area contributed by atoms with Gasteiger partial charge in [0, 0.05) is 18.2 Å². The fourth-order valence-corrected chi connectivity index (χ4v) is 6.07. The zero-order valence-electron chi connectivity index (χ0n) is 20.5. The number of allylic oxidation sites excluding steroid dienone is 2. The molecule has 0 aromatic rings. The molecule has 1 fully saturated rings. The molecule has 1 nitrogen and oxygen atoms in total. The van der Waals surface area contributed by atoms with Crippen molar-refractivity contribution in [3.63, 3.8) is 0 Å². The van der Waals surface area contributed by atoms with Crippen LogP contribution in [0.3, 0.4) is 0 Å². The fourth-order valence-electron chi connectivity index (χ4n) is 5.92. The summed E-state index contributed by atoms with van der Waals surface area (Å²) in [7, 11) is 0. The van der Waals surface area contributed by atoms with E-state index in [-0.39, 0.29) is 11.3 Å². The second-order valence-electron chi connectivity index (χ2n) is 10.4. The maximum atomic E-state index is 13.2. The first-order chi connectivity index (χ1) is 14.5. The Morgan fingerprint density at radius 2 is 1.77 bits per heavy atom. The number of halogens is 4. The van der Waals surface area contributed by atoms with Crippen LogP contribution in [-0.2, 0) is 4.74 Å². The molecule has 0 heterocycles. The summed E-state index contributed by atoms with van der Waals surface area (Å²) in [4.78, 5) is 0. The van der Waals surface area contributed by atoms with Gasteiger partial charge in [-0.25, -0.2) is 0 Å². The summed E-state index contributed by atoms with van der Waals surface area (Å²) >= 11 is 6.06. The highest BCUT2D eigenvalue weighted by molar-refractivity contribution is 6.17. The molecule has 31 heavy (non-hydrogen) atoms. The predicted molar refractivity (Wildman–Crippen MR) is 126 cm³/mol. The van der Waals surface area contributed by atoms with Crippen LogP contribution in [0.4, 0.5) is 13.2 Å². The van der Waals surface area contributed by atoms with Gasteiger partial charge in [-0.3, -0.25) is 0 Å². The molecule has 0 spiro atoms. The molecule has 1 aliphatic rings. The van der Waals surface area contributed by atoms with E-state index in [2.05, 4.69) is 33.8 Å². The van der Waals surface area contributed by atoms with E-state index < -0.39 is 12.6 Å². The van der Waals surface area contributed by atoms with Gasteiger partial charge in [0.1, 0.15) is 0 Å². The molecule has 1 aliphatic carbocycles. The molecule has 0 N–H and O–H groups in total. The highest BCUT2D eigenvalue weighted by atomic mass is 35.5. The van der Waals surface area contributed by atoms with E-state index in [1.165, 1.54) is 0 Å². The Hall–Kier alpha value is -0.380. The van der Waals surface area contributed by atoms with Crippen LogP contribution in [0, 0.1) is 29.1 Å². The monoisotopic (exact) mass is 466 g/mol. The minimum Gasteiger partial charge on any atom is -0.498 e. The molecule has 4 atom stereocenters. The second kappa shape index (κ2) is 14.0. The molecule has 0 aliphatic heterocycles. The van der Waals surface area contributed by atoms with Gasteiger partial charge in [-0.05, 0) is 87.5 Å². The number of alkyl halides is 4. The Kier molecular flexibility index (Phi) is 12.9. The molecule has 5 heteroatoms. The van der Waals surface area contributed by atoms with Crippen molar-refractivity contribution in [1.29, 1.82) is 0 Å². The van der Waals surface area contributed by atoms with Gasteiger partial charge in [0.15, 0.2) is 0 Å². The SMILES string of the molecule is CCC=C(OCC)C(CCCCl)C(CCCC)CC1CC(CC(F)(F)F)CC(C)(C)C1. The van der Waals surface area contributed by atoms with Crippen LogP contribution < -0.4 is 0 Å². The number of unbranched alkanes of at least 4 members (excludes halogenated alkanes) is 1. The number of hydrogen-bond donors (Lipinski definition) is 0. The minimum atomic E-state index is -4.07. The number of rotatable bonds is 14. The quantitative estimate of drug-likeness (QED) is 0.183. The van der Waals surface area contributed by atoms with Crippen molar-refractivity contribution in [2.24, 2.45) is 29.1 Å². The van der Waals surface area contributed by atoms with Crippen LogP contribution in [0.2, 0.25) is 0 Å². The number of ether oxygens (including phenoxy) is 1. The lowest BCUT2D eigenvalue weighted by Crippen LogP contribution is -2.33. The summed E-state index contributed by atoms with van der Waals surface area (Å²) in [6.07, 6.45) is 7.15. The lowest BCUT2D eigenvalue weighted by Gasteiger charge is -2.42. The second-order valence-corrected chi connectivity index (χ2v) is 10.8. The fraction of sp³-hybridized carbons (Fsp3) is 0.923. The zero-order valence-corrected chi connectivity index (χ0v) is 21.3. The molecule has 0 aromatic heterocycles. The maximum Gasteiger partial charge on any atom is 0.389 e. The largest absolute Gasteiger partial charge is 0.498 e. The van der Waals surface area contributed by atoms with Gasteiger partial charge in [0.25, 0.3) is 0 Å². The first kappa shape index (κ1) is 28.7. The van der Waals surface area contributed by atoms with Crippen molar-refractivity contribution in [2.75, 3.05) is 12.5 Å². The highest BCUT2D eigenvalue weighted by Gasteiger charge is 2.41.